The fraction of sp³-hybridized carbons (Fsp3) is 0.333. The van der Waals surface area contributed by atoms with E-state index in [1.807, 2.05) is 13.8 Å². The summed E-state index contributed by atoms with van der Waals surface area (Å²) in [6, 6.07) is 6.90. The fourth-order valence-electron chi connectivity index (χ4n) is 2.82. The summed E-state index contributed by atoms with van der Waals surface area (Å²) >= 11 is 0. The van der Waals surface area contributed by atoms with Crippen LogP contribution in [0.1, 0.15) is 52.4 Å². The molecular formula is C21H25N5O4. The van der Waals surface area contributed by atoms with Gasteiger partial charge >= 0.3 is 0 Å². The highest BCUT2D eigenvalue weighted by Crippen LogP contribution is 2.23. The van der Waals surface area contributed by atoms with Crippen molar-refractivity contribution in [3.8, 4) is 17.5 Å². The van der Waals surface area contributed by atoms with E-state index in [9.17, 15) is 19.5 Å². The van der Waals surface area contributed by atoms with Gasteiger partial charge in [0.25, 0.3) is 11.8 Å². The normalized spacial score (nSPS) is 12.5. The Kier molecular flexibility index (Phi) is 7.72. The molecule has 0 aliphatic carbocycles. The summed E-state index contributed by atoms with van der Waals surface area (Å²) in [7, 11) is 1.62. The molecule has 1 aliphatic rings. The van der Waals surface area contributed by atoms with E-state index in [4.69, 9.17) is 5.73 Å². The van der Waals surface area contributed by atoms with Crippen LogP contribution in [0.3, 0.4) is 0 Å². The second-order valence-electron chi connectivity index (χ2n) is 6.34. The summed E-state index contributed by atoms with van der Waals surface area (Å²) in [5, 5.41) is 16.8. The fourth-order valence-corrected chi connectivity index (χ4v) is 2.82. The van der Waals surface area contributed by atoms with Gasteiger partial charge in [-0.3, -0.25) is 14.4 Å². The number of nitrogens with two attached hydrogens (primary N) is 1. The van der Waals surface area contributed by atoms with E-state index in [1.165, 1.54) is 9.58 Å². The number of hydrogen-bond donors (Lipinski definition) is 3. The Hall–Kier alpha value is -3.64. The molecule has 158 valence electrons. The van der Waals surface area contributed by atoms with Gasteiger partial charge in [-0.2, -0.15) is 5.10 Å². The smallest absolute Gasteiger partial charge is 0.270 e. The molecule has 2 heterocycles. The quantitative estimate of drug-likeness (QED) is 0.469. The molecule has 30 heavy (non-hydrogen) atoms. The molecule has 3 rings (SSSR count). The maximum atomic E-state index is 12.1. The van der Waals surface area contributed by atoms with Crippen molar-refractivity contribution in [2.75, 3.05) is 13.6 Å². The average molecular weight is 411 g/mol. The van der Waals surface area contributed by atoms with Crippen molar-refractivity contribution < 1.29 is 19.5 Å². The summed E-state index contributed by atoms with van der Waals surface area (Å²) in [6.07, 6.45) is 0.131. The molecule has 0 radical (unpaired) electrons. The number of primary amides is 1. The van der Waals surface area contributed by atoms with Crippen molar-refractivity contribution in [3.63, 3.8) is 0 Å². The Labute approximate surface area is 174 Å². The molecule has 0 spiro atoms. The third kappa shape index (κ3) is 5.04. The van der Waals surface area contributed by atoms with Gasteiger partial charge in [0, 0.05) is 37.7 Å². The third-order valence-corrected chi connectivity index (χ3v) is 4.27. The molecule has 0 fully saturated rings. The van der Waals surface area contributed by atoms with E-state index >= 15 is 0 Å². The number of hydrogen-bond acceptors (Lipinski definition) is 5. The molecule has 0 bridgehead atoms. The molecule has 2 aromatic rings. The lowest BCUT2D eigenvalue weighted by Crippen LogP contribution is -2.21. The maximum Gasteiger partial charge on any atom is 0.270 e. The Balaban J connectivity index is 0.00000155. The van der Waals surface area contributed by atoms with Crippen molar-refractivity contribution in [3.05, 3.63) is 46.8 Å². The number of carbonyl (C=O) groups excluding carboxylic acids is 3. The van der Waals surface area contributed by atoms with Gasteiger partial charge in [-0.25, -0.2) is 4.68 Å². The number of amides is 3. The first-order valence-corrected chi connectivity index (χ1v) is 9.56. The molecule has 4 N–H and O–H groups in total. The zero-order valence-electron chi connectivity index (χ0n) is 17.2. The van der Waals surface area contributed by atoms with Crippen LogP contribution in [0.25, 0.3) is 5.69 Å². The topological polar surface area (TPSA) is 131 Å². The largest absolute Gasteiger partial charge is 0.380 e. The van der Waals surface area contributed by atoms with Crippen LogP contribution in [-0.2, 0) is 11.3 Å². The first kappa shape index (κ1) is 22.6. The van der Waals surface area contributed by atoms with Crippen molar-refractivity contribution in [2.45, 2.75) is 32.9 Å². The highest BCUT2D eigenvalue weighted by atomic mass is 16.3. The summed E-state index contributed by atoms with van der Waals surface area (Å²) < 4.78 is 1.37. The van der Waals surface area contributed by atoms with E-state index in [2.05, 4.69) is 22.3 Å². The second-order valence-corrected chi connectivity index (χ2v) is 6.34. The van der Waals surface area contributed by atoms with Gasteiger partial charge in [-0.05, 0) is 18.2 Å². The number of nitrogens with zero attached hydrogens (tertiary/aromatic N) is 3. The number of rotatable bonds is 6. The zero-order valence-corrected chi connectivity index (χ0v) is 17.2. The summed E-state index contributed by atoms with van der Waals surface area (Å²) in [5.41, 5.74) is 7.31. The van der Waals surface area contributed by atoms with Crippen LogP contribution < -0.4 is 11.1 Å². The highest BCUT2D eigenvalue weighted by Gasteiger charge is 2.31. The van der Waals surface area contributed by atoms with Crippen LogP contribution in [0.15, 0.2) is 24.3 Å². The van der Waals surface area contributed by atoms with Gasteiger partial charge in [0.1, 0.15) is 11.8 Å². The molecular weight excluding hydrogens is 386 g/mol. The third-order valence-electron chi connectivity index (χ3n) is 4.27. The van der Waals surface area contributed by atoms with E-state index in [0.29, 0.717) is 36.2 Å². The lowest BCUT2D eigenvalue weighted by Gasteiger charge is -2.10. The van der Waals surface area contributed by atoms with E-state index < -0.39 is 12.0 Å². The number of benzene rings is 1. The molecule has 3 amide bonds. The summed E-state index contributed by atoms with van der Waals surface area (Å²) in [6.45, 7) is 4.59. The molecule has 1 aliphatic heterocycles. The van der Waals surface area contributed by atoms with Crippen molar-refractivity contribution in [1.82, 2.24) is 20.0 Å². The Morgan fingerprint density at radius 1 is 1.47 bits per heavy atom. The molecule has 9 heteroatoms. The van der Waals surface area contributed by atoms with E-state index in [1.54, 1.807) is 31.3 Å². The van der Waals surface area contributed by atoms with Gasteiger partial charge in [-0.15, -0.1) is 0 Å². The second kappa shape index (κ2) is 10.2. The first-order chi connectivity index (χ1) is 14.4. The lowest BCUT2D eigenvalue weighted by atomic mass is 10.1. The number of aromatic nitrogens is 2. The summed E-state index contributed by atoms with van der Waals surface area (Å²) in [4.78, 5) is 35.7. The first-order valence-electron chi connectivity index (χ1n) is 9.56. The van der Waals surface area contributed by atoms with Crippen LogP contribution >= 0.6 is 0 Å². The van der Waals surface area contributed by atoms with Crippen LogP contribution in [0.4, 0.5) is 0 Å². The monoisotopic (exact) mass is 411 g/mol. The van der Waals surface area contributed by atoms with Crippen molar-refractivity contribution in [2.24, 2.45) is 5.73 Å². The van der Waals surface area contributed by atoms with E-state index in [-0.39, 0.29) is 23.8 Å². The molecule has 1 unspecified atom stereocenters. The lowest BCUT2D eigenvalue weighted by molar-refractivity contribution is -0.117. The predicted octanol–water partition coefficient (Wildman–Crippen LogP) is 0.432. The molecule has 1 atom stereocenters. The number of aliphatic hydroxyl groups is 1. The molecule has 1 aromatic carbocycles. The number of fused-ring (bicyclic) bond motifs is 1. The SMILES string of the molecule is CC.CN(C=O)CCC(O)C#Cc1cccc(-n2nc(C(N)=O)c3c2C(=O)NC3)c1. The molecule has 1 aromatic heterocycles. The number of nitrogens with one attached hydrogen (secondary N) is 1. The van der Waals surface area contributed by atoms with Crippen molar-refractivity contribution >= 4 is 18.2 Å². The van der Waals surface area contributed by atoms with E-state index in [0.717, 1.165) is 0 Å². The number of carbonyl (C=O) groups is 3. The molecule has 0 saturated carbocycles. The van der Waals surface area contributed by atoms with Gasteiger partial charge in [0.05, 0.1) is 5.69 Å². The van der Waals surface area contributed by atoms with Gasteiger partial charge in [0.2, 0.25) is 6.41 Å². The van der Waals surface area contributed by atoms with Crippen LogP contribution in [0.2, 0.25) is 0 Å². The minimum Gasteiger partial charge on any atom is -0.380 e. The minimum atomic E-state index is -0.882. The Morgan fingerprint density at radius 3 is 2.87 bits per heavy atom. The van der Waals surface area contributed by atoms with Gasteiger partial charge in [0.15, 0.2) is 5.69 Å². The minimum absolute atomic E-state index is 0.0551. The average Bonchev–Trinajstić information content (AvgIpc) is 3.33. The maximum absolute atomic E-state index is 12.1. The van der Waals surface area contributed by atoms with Crippen LogP contribution in [-0.4, -0.2) is 57.7 Å². The van der Waals surface area contributed by atoms with Crippen LogP contribution in [0.5, 0.6) is 0 Å². The van der Waals surface area contributed by atoms with Crippen LogP contribution in [0, 0.1) is 11.8 Å². The standard InChI is InChI=1S/C19H19N5O4.C2H6/c1-23(11-25)8-7-14(26)6-5-12-3-2-4-13(9-12)24-17-15(10-21-19(17)28)16(22-24)18(20)27;1-2/h2-4,9,11,14,26H,7-8,10H2,1H3,(H2,20,27)(H,21,28);1-2H3. The number of aliphatic hydroxyl groups excluding tert-OH is 1. The predicted molar refractivity (Wildman–Crippen MR) is 111 cm³/mol. The van der Waals surface area contributed by atoms with Crippen molar-refractivity contribution in [1.29, 1.82) is 0 Å². The summed E-state index contributed by atoms with van der Waals surface area (Å²) in [5.74, 6) is 4.55. The molecule has 0 saturated heterocycles. The van der Waals surface area contributed by atoms with Gasteiger partial charge in [-0.1, -0.05) is 31.8 Å². The zero-order chi connectivity index (χ0) is 22.3. The highest BCUT2D eigenvalue weighted by molar-refractivity contribution is 6.02. The molecule has 9 nitrogen and oxygen atoms in total. The van der Waals surface area contributed by atoms with Gasteiger partial charge < -0.3 is 21.1 Å². The Bertz CT molecular complexity index is 1000. The Morgan fingerprint density at radius 2 is 2.20 bits per heavy atom.